The van der Waals surface area contributed by atoms with E-state index < -0.39 is 12.1 Å². The number of anilines is 2. The van der Waals surface area contributed by atoms with Gasteiger partial charge in [0.1, 0.15) is 12.1 Å². The van der Waals surface area contributed by atoms with E-state index in [4.69, 9.17) is 0 Å². The van der Waals surface area contributed by atoms with Crippen LogP contribution in [0.15, 0.2) is 78.9 Å². The minimum absolute atomic E-state index is 0.0524. The number of nitrogens with one attached hydrogen (secondary N) is 3. The van der Waals surface area contributed by atoms with Gasteiger partial charge in [0.2, 0.25) is 11.8 Å². The molecule has 254 valence electrons. The zero-order chi connectivity index (χ0) is 33.7. The van der Waals surface area contributed by atoms with Crippen molar-refractivity contribution in [3.63, 3.8) is 0 Å². The van der Waals surface area contributed by atoms with Gasteiger partial charge in [0, 0.05) is 42.9 Å². The molecule has 10 heteroatoms. The quantitative estimate of drug-likeness (QED) is 0.220. The first-order valence-corrected chi connectivity index (χ1v) is 17.7. The molecule has 1 aromatic heterocycles. The molecule has 2 aliphatic carbocycles. The molecule has 49 heavy (non-hydrogen) atoms. The summed E-state index contributed by atoms with van der Waals surface area (Å²) in [7, 11) is 0. The summed E-state index contributed by atoms with van der Waals surface area (Å²) < 4.78 is 0. The summed E-state index contributed by atoms with van der Waals surface area (Å²) in [5, 5.41) is 13.5. The van der Waals surface area contributed by atoms with Gasteiger partial charge < -0.3 is 20.4 Å². The summed E-state index contributed by atoms with van der Waals surface area (Å²) >= 11 is 0. The van der Waals surface area contributed by atoms with Crippen LogP contribution in [0.25, 0.3) is 22.5 Å². The van der Waals surface area contributed by atoms with Gasteiger partial charge in [-0.25, -0.2) is 0 Å². The Bertz CT molecular complexity index is 1610. The van der Waals surface area contributed by atoms with Crippen molar-refractivity contribution in [2.24, 2.45) is 11.8 Å². The van der Waals surface area contributed by atoms with E-state index in [2.05, 4.69) is 20.8 Å². The zero-order valence-electron chi connectivity index (χ0n) is 27.8. The third-order valence-corrected chi connectivity index (χ3v) is 10.5. The Morgan fingerprint density at radius 2 is 1.10 bits per heavy atom. The maximum atomic E-state index is 13.1. The third-order valence-electron chi connectivity index (χ3n) is 10.5. The van der Waals surface area contributed by atoms with Crippen molar-refractivity contribution in [3.05, 3.63) is 78.9 Å². The highest BCUT2D eigenvalue weighted by atomic mass is 16.2. The summed E-state index contributed by atoms with van der Waals surface area (Å²) in [6, 6.07) is 15.8. The number of hydrogen-bond acceptors (Lipinski definition) is 5. The maximum absolute atomic E-state index is 13.1. The van der Waals surface area contributed by atoms with Gasteiger partial charge in [0.25, 0.3) is 11.8 Å². The first kappa shape index (κ1) is 32.6. The van der Waals surface area contributed by atoms with Gasteiger partial charge in [-0.1, -0.05) is 74.3 Å². The van der Waals surface area contributed by atoms with Gasteiger partial charge in [-0.3, -0.25) is 24.3 Å². The van der Waals surface area contributed by atoms with Crippen LogP contribution >= 0.6 is 0 Å². The van der Waals surface area contributed by atoms with Crippen LogP contribution in [-0.4, -0.2) is 68.8 Å². The van der Waals surface area contributed by atoms with Crippen LogP contribution in [0.2, 0.25) is 0 Å². The Labute approximate surface area is 287 Å². The van der Waals surface area contributed by atoms with E-state index in [1.165, 1.54) is 25.7 Å². The highest BCUT2D eigenvalue weighted by Crippen LogP contribution is 2.31. The van der Waals surface area contributed by atoms with Crippen molar-refractivity contribution in [1.82, 2.24) is 20.0 Å². The minimum atomic E-state index is -0.591. The molecule has 0 saturated heterocycles. The van der Waals surface area contributed by atoms with Crippen LogP contribution in [0.1, 0.15) is 64.2 Å². The van der Waals surface area contributed by atoms with Gasteiger partial charge in [-0.15, -0.1) is 0 Å². The number of aromatic nitrogens is 2. The monoisotopic (exact) mass is 660 g/mol. The number of H-pyrrole nitrogens is 1. The topological polar surface area (TPSA) is 128 Å². The van der Waals surface area contributed by atoms with Crippen LogP contribution in [0.5, 0.6) is 0 Å². The smallest absolute Gasteiger partial charge is 0.251 e. The summed E-state index contributed by atoms with van der Waals surface area (Å²) in [4.78, 5) is 55.4. The number of amides is 4. The number of rotatable bonds is 10. The Hall–Kier alpha value is -4.99. The van der Waals surface area contributed by atoms with Crippen molar-refractivity contribution < 1.29 is 19.2 Å². The number of nitrogens with zero attached hydrogens (tertiary/aromatic N) is 3. The minimum Gasteiger partial charge on any atom is -0.324 e. The first-order chi connectivity index (χ1) is 23.9. The molecule has 0 bridgehead atoms. The second-order valence-corrected chi connectivity index (χ2v) is 13.8. The van der Waals surface area contributed by atoms with E-state index in [0.29, 0.717) is 49.1 Å². The van der Waals surface area contributed by atoms with Crippen LogP contribution in [0, 0.1) is 11.8 Å². The number of carbonyl (C=O) groups excluding carboxylic acids is 4. The summed E-state index contributed by atoms with van der Waals surface area (Å²) in [6.45, 7) is 0.947. The Balaban J connectivity index is 0.922. The van der Waals surface area contributed by atoms with Gasteiger partial charge in [0.05, 0.1) is 11.4 Å². The summed E-state index contributed by atoms with van der Waals surface area (Å²) in [5.41, 5.74) is 4.68. The molecule has 2 saturated carbocycles. The molecular formula is C39H44N6O4. The average molecular weight is 661 g/mol. The van der Waals surface area contributed by atoms with Crippen molar-refractivity contribution >= 4 is 35.0 Å². The van der Waals surface area contributed by atoms with Gasteiger partial charge in [-0.05, 0) is 73.4 Å². The molecule has 3 heterocycles. The fraction of sp³-hybridized carbons (Fsp3) is 0.410. The second-order valence-electron chi connectivity index (χ2n) is 13.8. The van der Waals surface area contributed by atoms with E-state index in [1.807, 2.05) is 78.9 Å². The van der Waals surface area contributed by atoms with Crippen LogP contribution in [-0.2, 0) is 19.2 Å². The zero-order valence-corrected chi connectivity index (χ0v) is 27.8. The SMILES string of the molecule is O=C(Nc1ccc(-c2cc(-c3ccc(NC(=O)[C@@H]4C=CCN4C(=O)CC4CCCC4)cc3)[nH]n2)cc1)[C@@H]1C=CCN1C(=O)CC1CCCC1. The number of carbonyl (C=O) groups is 4. The maximum Gasteiger partial charge on any atom is 0.251 e. The molecule has 4 aliphatic rings. The summed E-state index contributed by atoms with van der Waals surface area (Å²) in [6.07, 6.45) is 17.6. The molecule has 2 atom stereocenters. The van der Waals surface area contributed by atoms with E-state index in [0.717, 1.165) is 48.2 Å². The fourth-order valence-electron chi connectivity index (χ4n) is 7.68. The van der Waals surface area contributed by atoms with E-state index >= 15 is 0 Å². The van der Waals surface area contributed by atoms with Crippen LogP contribution in [0.4, 0.5) is 11.4 Å². The van der Waals surface area contributed by atoms with Crippen molar-refractivity contribution in [2.45, 2.75) is 76.3 Å². The summed E-state index contributed by atoms with van der Waals surface area (Å²) in [5.74, 6) is 0.556. The van der Waals surface area contributed by atoms with E-state index in [-0.39, 0.29) is 23.6 Å². The third kappa shape index (κ3) is 7.53. The average Bonchev–Trinajstić information content (AvgIpc) is 3.95. The Morgan fingerprint density at radius 3 is 1.57 bits per heavy atom. The van der Waals surface area contributed by atoms with E-state index in [1.54, 1.807) is 9.80 Å². The lowest BCUT2D eigenvalue weighted by molar-refractivity contribution is -0.136. The molecule has 2 fully saturated rings. The fourth-order valence-corrected chi connectivity index (χ4v) is 7.68. The normalized spacial score (nSPS) is 20.7. The van der Waals surface area contributed by atoms with Crippen molar-refractivity contribution in [3.8, 4) is 22.5 Å². The number of aromatic amines is 1. The van der Waals surface area contributed by atoms with Gasteiger partial charge in [0.15, 0.2) is 0 Å². The molecule has 2 aromatic carbocycles. The standard InChI is InChI=1S/C39H44N6O4/c46-36(23-26-7-1-2-8-26)44-21-5-11-34(44)38(48)40-30-17-13-28(14-18-30)32-25-33(43-42-32)29-15-19-31(20-16-29)41-39(49)35-12-6-22-45(35)37(47)24-27-9-3-4-10-27/h5-6,11-20,25-27,34-35H,1-4,7-10,21-24H2,(H,40,48)(H,41,49)(H,42,43)/t34-,35-/m0/s1. The van der Waals surface area contributed by atoms with Gasteiger partial charge in [-0.2, -0.15) is 5.10 Å². The molecule has 0 radical (unpaired) electrons. The molecule has 3 N–H and O–H groups in total. The highest BCUT2D eigenvalue weighted by Gasteiger charge is 2.33. The molecule has 3 aromatic rings. The van der Waals surface area contributed by atoms with Crippen molar-refractivity contribution in [2.75, 3.05) is 23.7 Å². The molecule has 0 spiro atoms. The predicted molar refractivity (Wildman–Crippen MR) is 189 cm³/mol. The molecule has 7 rings (SSSR count). The molecule has 2 aliphatic heterocycles. The largest absolute Gasteiger partial charge is 0.324 e. The Morgan fingerprint density at radius 1 is 0.653 bits per heavy atom. The van der Waals surface area contributed by atoms with Crippen LogP contribution in [0.3, 0.4) is 0 Å². The molecule has 4 amide bonds. The highest BCUT2D eigenvalue weighted by molar-refractivity contribution is 6.00. The van der Waals surface area contributed by atoms with Gasteiger partial charge >= 0.3 is 0 Å². The van der Waals surface area contributed by atoms with E-state index in [9.17, 15) is 19.2 Å². The molecular weight excluding hydrogens is 616 g/mol. The number of hydrogen-bond donors (Lipinski definition) is 3. The second kappa shape index (κ2) is 14.6. The number of benzene rings is 2. The Kier molecular flexibility index (Phi) is 9.72. The van der Waals surface area contributed by atoms with Crippen molar-refractivity contribution in [1.29, 1.82) is 0 Å². The van der Waals surface area contributed by atoms with Crippen LogP contribution < -0.4 is 10.6 Å². The molecule has 0 unspecified atom stereocenters. The predicted octanol–water partition coefficient (Wildman–Crippen LogP) is 6.32. The first-order valence-electron chi connectivity index (χ1n) is 17.7. The lowest BCUT2D eigenvalue weighted by atomic mass is 10.0. The lowest BCUT2D eigenvalue weighted by Gasteiger charge is -2.25. The lowest BCUT2D eigenvalue weighted by Crippen LogP contribution is -2.43. The molecule has 10 nitrogen and oxygen atoms in total.